The van der Waals surface area contributed by atoms with E-state index < -0.39 is 12.0 Å². The highest BCUT2D eigenvalue weighted by atomic mass is 16.4. The Morgan fingerprint density at radius 1 is 1.11 bits per heavy atom. The van der Waals surface area contributed by atoms with Gasteiger partial charge in [-0.2, -0.15) is 0 Å². The van der Waals surface area contributed by atoms with Gasteiger partial charge < -0.3 is 15.3 Å². The molecule has 0 bridgehead atoms. The van der Waals surface area contributed by atoms with E-state index in [1.165, 1.54) is 12.8 Å². The van der Waals surface area contributed by atoms with E-state index in [9.17, 15) is 9.59 Å². The summed E-state index contributed by atoms with van der Waals surface area (Å²) in [6.45, 7) is 0. The van der Waals surface area contributed by atoms with E-state index in [2.05, 4.69) is 5.32 Å². The zero-order valence-corrected chi connectivity index (χ0v) is 11.6. The average molecular weight is 268 g/mol. The lowest BCUT2D eigenvalue weighted by Gasteiger charge is -2.28. The predicted octanol–water partition coefficient (Wildman–Crippen LogP) is 2.21. The van der Waals surface area contributed by atoms with Crippen molar-refractivity contribution in [3.8, 4) is 0 Å². The molecule has 108 valence electrons. The topological polar surface area (TPSA) is 69.6 Å². The lowest BCUT2D eigenvalue weighted by atomic mass is 10.1. The maximum absolute atomic E-state index is 12.2. The van der Waals surface area contributed by atoms with Gasteiger partial charge >= 0.3 is 12.0 Å². The average Bonchev–Trinajstić information content (AvgIpc) is 3.20. The first-order chi connectivity index (χ1) is 9.09. The van der Waals surface area contributed by atoms with E-state index in [0.29, 0.717) is 0 Å². The van der Waals surface area contributed by atoms with Crippen LogP contribution in [0.15, 0.2) is 0 Å². The van der Waals surface area contributed by atoms with Crippen LogP contribution < -0.4 is 5.32 Å². The highest BCUT2D eigenvalue weighted by molar-refractivity contribution is 5.83. The second-order valence-electron chi connectivity index (χ2n) is 5.86. The molecule has 0 aromatic carbocycles. The standard InChI is InChI=1S/C14H24N2O3/c1-16(11-6-4-2-3-5-7-11)14(19)15-12(13(17)18)10-8-9-10/h10-12H,2-9H2,1H3,(H,15,19)(H,17,18). The van der Waals surface area contributed by atoms with E-state index in [0.717, 1.165) is 38.5 Å². The fraction of sp³-hybridized carbons (Fsp3) is 0.857. The zero-order valence-electron chi connectivity index (χ0n) is 11.6. The molecule has 19 heavy (non-hydrogen) atoms. The van der Waals surface area contributed by atoms with E-state index in [4.69, 9.17) is 5.11 Å². The molecule has 2 saturated carbocycles. The summed E-state index contributed by atoms with van der Waals surface area (Å²) in [5.41, 5.74) is 0. The van der Waals surface area contributed by atoms with Crippen molar-refractivity contribution in [2.75, 3.05) is 7.05 Å². The van der Waals surface area contributed by atoms with Crippen LogP contribution in [0.4, 0.5) is 4.79 Å². The largest absolute Gasteiger partial charge is 0.480 e. The van der Waals surface area contributed by atoms with Crippen LogP contribution in [-0.4, -0.2) is 41.1 Å². The number of carbonyl (C=O) groups is 2. The minimum atomic E-state index is -0.912. The van der Waals surface area contributed by atoms with E-state index in [1.54, 1.807) is 11.9 Å². The number of hydrogen-bond acceptors (Lipinski definition) is 2. The Balaban J connectivity index is 1.88. The van der Waals surface area contributed by atoms with E-state index >= 15 is 0 Å². The highest BCUT2D eigenvalue weighted by Gasteiger charge is 2.38. The summed E-state index contributed by atoms with van der Waals surface area (Å²) in [5.74, 6) is -0.783. The first kappa shape index (κ1) is 14.2. The van der Waals surface area contributed by atoms with Crippen LogP contribution in [0.2, 0.25) is 0 Å². The predicted molar refractivity (Wildman–Crippen MR) is 71.9 cm³/mol. The molecule has 5 nitrogen and oxygen atoms in total. The van der Waals surface area contributed by atoms with Crippen molar-refractivity contribution in [3.05, 3.63) is 0 Å². The molecule has 2 aliphatic rings. The van der Waals surface area contributed by atoms with E-state index in [1.807, 2.05) is 0 Å². The van der Waals surface area contributed by atoms with Gasteiger partial charge in [-0.3, -0.25) is 0 Å². The molecular formula is C14H24N2O3. The molecule has 1 atom stereocenters. The van der Waals surface area contributed by atoms with Crippen LogP contribution in [-0.2, 0) is 4.79 Å². The lowest BCUT2D eigenvalue weighted by molar-refractivity contribution is -0.139. The number of carboxylic acid groups (broad SMARTS) is 1. The Hall–Kier alpha value is -1.26. The fourth-order valence-corrected chi connectivity index (χ4v) is 2.86. The number of amides is 2. The third-order valence-electron chi connectivity index (χ3n) is 4.33. The van der Waals surface area contributed by atoms with E-state index in [-0.39, 0.29) is 18.0 Å². The Kier molecular flexibility index (Phi) is 4.66. The number of nitrogens with one attached hydrogen (secondary N) is 1. The number of carboxylic acids is 1. The van der Waals surface area contributed by atoms with Crippen molar-refractivity contribution >= 4 is 12.0 Å². The van der Waals surface area contributed by atoms with Gasteiger partial charge in [0.1, 0.15) is 6.04 Å². The quantitative estimate of drug-likeness (QED) is 0.768. The monoisotopic (exact) mass is 268 g/mol. The lowest BCUT2D eigenvalue weighted by Crippen LogP contribution is -2.50. The normalized spacial score (nSPS) is 22.4. The van der Waals surface area contributed by atoms with Crippen LogP contribution in [0.5, 0.6) is 0 Å². The Morgan fingerprint density at radius 3 is 2.16 bits per heavy atom. The SMILES string of the molecule is CN(C(=O)NC(C(=O)O)C1CC1)C1CCCCCC1. The molecule has 5 heteroatoms. The molecular weight excluding hydrogens is 244 g/mol. The Morgan fingerprint density at radius 2 is 1.68 bits per heavy atom. The summed E-state index contributed by atoms with van der Waals surface area (Å²) in [5, 5.41) is 11.8. The highest BCUT2D eigenvalue weighted by Crippen LogP contribution is 2.33. The third-order valence-corrected chi connectivity index (χ3v) is 4.33. The molecule has 0 spiro atoms. The number of nitrogens with zero attached hydrogens (tertiary/aromatic N) is 1. The van der Waals surface area contributed by atoms with Crippen molar-refractivity contribution in [2.45, 2.75) is 63.5 Å². The van der Waals surface area contributed by atoms with Gasteiger partial charge in [-0.25, -0.2) is 9.59 Å². The molecule has 0 aliphatic heterocycles. The van der Waals surface area contributed by atoms with Gasteiger partial charge in [0.15, 0.2) is 0 Å². The van der Waals surface area contributed by atoms with Crippen molar-refractivity contribution < 1.29 is 14.7 Å². The van der Waals surface area contributed by atoms with Crippen LogP contribution in [0.25, 0.3) is 0 Å². The summed E-state index contributed by atoms with van der Waals surface area (Å²) in [4.78, 5) is 25.0. The first-order valence-electron chi connectivity index (χ1n) is 7.35. The molecule has 2 aliphatic carbocycles. The van der Waals surface area contributed by atoms with Crippen molar-refractivity contribution in [1.29, 1.82) is 0 Å². The molecule has 2 amide bonds. The van der Waals surface area contributed by atoms with Gasteiger partial charge in [-0.1, -0.05) is 25.7 Å². The zero-order chi connectivity index (χ0) is 13.8. The smallest absolute Gasteiger partial charge is 0.326 e. The van der Waals surface area contributed by atoms with Crippen molar-refractivity contribution in [3.63, 3.8) is 0 Å². The number of hydrogen-bond donors (Lipinski definition) is 2. The molecule has 2 N–H and O–H groups in total. The molecule has 2 rings (SSSR count). The summed E-state index contributed by atoms with van der Waals surface area (Å²) < 4.78 is 0. The number of urea groups is 1. The van der Waals surface area contributed by atoms with Gasteiger partial charge in [0.05, 0.1) is 0 Å². The third kappa shape index (κ3) is 3.85. The molecule has 1 unspecified atom stereocenters. The number of rotatable bonds is 4. The molecule has 0 aromatic heterocycles. The molecule has 2 fully saturated rings. The fourth-order valence-electron chi connectivity index (χ4n) is 2.86. The van der Waals surface area contributed by atoms with Crippen LogP contribution >= 0.6 is 0 Å². The Bertz CT molecular complexity index is 334. The molecule has 0 radical (unpaired) electrons. The number of aliphatic carboxylic acids is 1. The maximum atomic E-state index is 12.2. The van der Waals surface area contributed by atoms with Gasteiger partial charge in [0.25, 0.3) is 0 Å². The van der Waals surface area contributed by atoms with Crippen molar-refractivity contribution in [1.82, 2.24) is 10.2 Å². The minimum absolute atomic E-state index is 0.129. The van der Waals surface area contributed by atoms with Gasteiger partial charge in [-0.15, -0.1) is 0 Å². The molecule has 0 aromatic rings. The van der Waals surface area contributed by atoms with Crippen LogP contribution in [0.1, 0.15) is 51.4 Å². The van der Waals surface area contributed by atoms with Crippen molar-refractivity contribution in [2.24, 2.45) is 5.92 Å². The first-order valence-corrected chi connectivity index (χ1v) is 7.35. The summed E-state index contributed by atoms with van der Waals surface area (Å²) in [6.07, 6.45) is 8.68. The summed E-state index contributed by atoms with van der Waals surface area (Å²) >= 11 is 0. The Labute approximate surface area is 114 Å². The number of carbonyl (C=O) groups excluding carboxylic acids is 1. The maximum Gasteiger partial charge on any atom is 0.326 e. The molecule has 0 heterocycles. The summed E-state index contributed by atoms with van der Waals surface area (Å²) in [7, 11) is 1.79. The van der Waals surface area contributed by atoms with Gasteiger partial charge in [0.2, 0.25) is 0 Å². The van der Waals surface area contributed by atoms with Gasteiger partial charge in [-0.05, 0) is 31.6 Å². The van der Waals surface area contributed by atoms with Crippen LogP contribution in [0.3, 0.4) is 0 Å². The minimum Gasteiger partial charge on any atom is -0.480 e. The van der Waals surface area contributed by atoms with Gasteiger partial charge in [0, 0.05) is 13.1 Å². The second-order valence-corrected chi connectivity index (χ2v) is 5.86. The van der Waals surface area contributed by atoms with Crippen LogP contribution in [0, 0.1) is 5.92 Å². The second kappa shape index (κ2) is 6.26. The summed E-state index contributed by atoms with van der Waals surface area (Å²) in [6, 6.07) is -0.678. The molecule has 0 saturated heterocycles.